The van der Waals surface area contributed by atoms with Crippen LogP contribution in [0, 0.1) is 0 Å². The summed E-state index contributed by atoms with van der Waals surface area (Å²) in [4.78, 5) is 23.2. The molecule has 0 fully saturated rings. The Bertz CT molecular complexity index is 888. The van der Waals surface area contributed by atoms with Crippen LogP contribution in [0.25, 0.3) is 22.3 Å². The Morgan fingerprint density at radius 2 is 1.35 bits per heavy atom. The minimum Gasteiger partial charge on any atom is -0.386 e. The van der Waals surface area contributed by atoms with Crippen molar-refractivity contribution in [3.63, 3.8) is 0 Å². The summed E-state index contributed by atoms with van der Waals surface area (Å²) in [7, 11) is 0. The molecule has 0 unspecified atom stereocenters. The van der Waals surface area contributed by atoms with E-state index in [1.54, 1.807) is 12.1 Å². The first-order valence-corrected chi connectivity index (χ1v) is 7.25. The van der Waals surface area contributed by atoms with Crippen LogP contribution < -0.4 is 0 Å². The van der Waals surface area contributed by atoms with Gasteiger partial charge in [-0.15, -0.1) is 0 Å². The van der Waals surface area contributed by atoms with E-state index in [-0.39, 0.29) is 0 Å². The van der Waals surface area contributed by atoms with E-state index in [4.69, 9.17) is 0 Å². The number of hydrogen-bond donors (Lipinski definition) is 0. The number of allylic oxidation sites excluding steroid dienone is 2. The topological polar surface area (TPSA) is 43.4 Å². The van der Waals surface area contributed by atoms with E-state index >= 15 is 0 Å². The molecule has 3 nitrogen and oxygen atoms in total. The lowest BCUT2D eigenvalue weighted by atomic mass is 9.92. The van der Waals surface area contributed by atoms with Gasteiger partial charge in [0.25, 0.3) is 0 Å². The smallest absolute Gasteiger partial charge is 0.346 e. The summed E-state index contributed by atoms with van der Waals surface area (Å²) in [6.07, 6.45) is 0. The first kappa shape index (κ1) is 15.0. The van der Waals surface area contributed by atoms with Crippen LogP contribution in [-0.4, -0.2) is 11.9 Å². The maximum absolute atomic E-state index is 11.7. The Morgan fingerprint density at radius 3 is 2.00 bits per heavy atom. The number of cyclic esters (lactones) is 2. The summed E-state index contributed by atoms with van der Waals surface area (Å²) in [5, 5.41) is 0. The molecule has 0 radical (unpaired) electrons. The van der Waals surface area contributed by atoms with E-state index < -0.39 is 11.9 Å². The number of ether oxygens (including phenoxy) is 1. The van der Waals surface area contributed by atoms with E-state index in [1.807, 2.05) is 38.1 Å². The normalized spacial score (nSPS) is 12.8. The second-order valence-corrected chi connectivity index (χ2v) is 5.76. The van der Waals surface area contributed by atoms with E-state index in [0.29, 0.717) is 11.1 Å². The summed E-state index contributed by atoms with van der Waals surface area (Å²) in [5.41, 5.74) is 6.42. The molecular formula is C20H16O3. The lowest BCUT2D eigenvalue weighted by Crippen LogP contribution is -1.96. The van der Waals surface area contributed by atoms with Crippen LogP contribution in [0.1, 0.15) is 45.7 Å². The van der Waals surface area contributed by atoms with Gasteiger partial charge in [0.1, 0.15) is 0 Å². The number of hydrogen-bond acceptors (Lipinski definition) is 3. The molecule has 1 heterocycles. The second-order valence-electron chi connectivity index (χ2n) is 5.76. The van der Waals surface area contributed by atoms with Crippen molar-refractivity contribution in [1.82, 2.24) is 0 Å². The van der Waals surface area contributed by atoms with E-state index in [2.05, 4.69) is 17.9 Å². The molecule has 0 bridgehead atoms. The molecule has 23 heavy (non-hydrogen) atoms. The molecular weight excluding hydrogens is 288 g/mol. The number of carbonyl (C=O) groups excluding carboxylic acids is 2. The van der Waals surface area contributed by atoms with Gasteiger partial charge in [0.15, 0.2) is 0 Å². The third-order valence-electron chi connectivity index (χ3n) is 3.92. The van der Waals surface area contributed by atoms with Gasteiger partial charge in [0.2, 0.25) is 0 Å². The van der Waals surface area contributed by atoms with Crippen LogP contribution in [-0.2, 0) is 4.74 Å². The highest BCUT2D eigenvalue weighted by atomic mass is 16.6. The molecule has 0 N–H and O–H groups in total. The number of rotatable bonds is 3. The molecule has 0 aliphatic carbocycles. The van der Waals surface area contributed by atoms with Gasteiger partial charge in [0, 0.05) is 0 Å². The van der Waals surface area contributed by atoms with Crippen molar-refractivity contribution in [1.29, 1.82) is 0 Å². The van der Waals surface area contributed by atoms with Gasteiger partial charge in [-0.2, -0.15) is 0 Å². The van der Waals surface area contributed by atoms with Gasteiger partial charge in [0.05, 0.1) is 11.1 Å². The summed E-state index contributed by atoms with van der Waals surface area (Å²) in [6, 6.07) is 11.1. The zero-order chi connectivity index (χ0) is 16.7. The molecule has 1 aliphatic heterocycles. The van der Waals surface area contributed by atoms with Crippen LogP contribution in [0.2, 0.25) is 0 Å². The van der Waals surface area contributed by atoms with Gasteiger partial charge in [-0.25, -0.2) is 9.59 Å². The lowest BCUT2D eigenvalue weighted by Gasteiger charge is -2.12. The summed E-state index contributed by atoms with van der Waals surface area (Å²) < 4.78 is 4.63. The monoisotopic (exact) mass is 304 g/mol. The molecule has 0 atom stereocenters. The number of fused-ring (bicyclic) bond motifs is 1. The highest BCUT2D eigenvalue weighted by Gasteiger charge is 2.29. The average Bonchev–Trinajstić information content (AvgIpc) is 2.80. The fourth-order valence-corrected chi connectivity index (χ4v) is 2.71. The SMILES string of the molecule is C=C(C)c1ccc(-c2ccc3c(c2)C(=O)OC3=O)cc1C(=C)C. The fourth-order valence-electron chi connectivity index (χ4n) is 2.71. The number of carbonyl (C=O) groups is 2. The average molecular weight is 304 g/mol. The van der Waals surface area contributed by atoms with E-state index in [1.165, 1.54) is 0 Å². The minimum absolute atomic E-state index is 0.313. The van der Waals surface area contributed by atoms with Crippen molar-refractivity contribution in [2.75, 3.05) is 0 Å². The van der Waals surface area contributed by atoms with Crippen molar-refractivity contribution < 1.29 is 14.3 Å². The zero-order valence-corrected chi connectivity index (χ0v) is 13.1. The van der Waals surface area contributed by atoms with Crippen molar-refractivity contribution in [2.45, 2.75) is 13.8 Å². The first-order chi connectivity index (χ1) is 10.9. The zero-order valence-electron chi connectivity index (χ0n) is 13.1. The maximum Gasteiger partial charge on any atom is 0.346 e. The Hall–Kier alpha value is -2.94. The predicted octanol–water partition coefficient (Wildman–Crippen LogP) is 4.73. The highest BCUT2D eigenvalue weighted by molar-refractivity contribution is 6.15. The Balaban J connectivity index is 2.13. The summed E-state index contributed by atoms with van der Waals surface area (Å²) in [5.74, 6) is -1.18. The summed E-state index contributed by atoms with van der Waals surface area (Å²) >= 11 is 0. The van der Waals surface area contributed by atoms with Gasteiger partial charge >= 0.3 is 11.9 Å². The molecule has 2 aromatic carbocycles. The van der Waals surface area contributed by atoms with Crippen LogP contribution >= 0.6 is 0 Å². The van der Waals surface area contributed by atoms with Crippen LogP contribution in [0.5, 0.6) is 0 Å². The molecule has 3 heteroatoms. The lowest BCUT2D eigenvalue weighted by molar-refractivity contribution is 0.0444. The molecule has 0 spiro atoms. The minimum atomic E-state index is -0.592. The second kappa shape index (κ2) is 5.36. The molecule has 114 valence electrons. The van der Waals surface area contributed by atoms with Crippen molar-refractivity contribution in [3.8, 4) is 11.1 Å². The van der Waals surface area contributed by atoms with Gasteiger partial charge in [-0.05, 0) is 54.3 Å². The van der Waals surface area contributed by atoms with Gasteiger partial charge in [-0.3, -0.25) is 0 Å². The van der Waals surface area contributed by atoms with Gasteiger partial charge in [-0.1, -0.05) is 42.5 Å². The van der Waals surface area contributed by atoms with Crippen LogP contribution in [0.3, 0.4) is 0 Å². The molecule has 2 aromatic rings. The Kier molecular flexibility index (Phi) is 3.49. The van der Waals surface area contributed by atoms with Gasteiger partial charge < -0.3 is 4.74 Å². The largest absolute Gasteiger partial charge is 0.386 e. The highest BCUT2D eigenvalue weighted by Crippen LogP contribution is 2.31. The van der Waals surface area contributed by atoms with Crippen LogP contribution in [0.4, 0.5) is 0 Å². The maximum atomic E-state index is 11.7. The third-order valence-corrected chi connectivity index (χ3v) is 3.92. The van der Waals surface area contributed by atoms with E-state index in [9.17, 15) is 9.59 Å². The Morgan fingerprint density at radius 1 is 0.783 bits per heavy atom. The molecule has 3 rings (SSSR count). The van der Waals surface area contributed by atoms with Crippen molar-refractivity contribution in [2.24, 2.45) is 0 Å². The Labute approximate surface area is 134 Å². The number of benzene rings is 2. The molecule has 0 saturated heterocycles. The van der Waals surface area contributed by atoms with Crippen molar-refractivity contribution in [3.05, 3.63) is 71.8 Å². The van der Waals surface area contributed by atoms with Crippen LogP contribution in [0.15, 0.2) is 49.6 Å². The number of esters is 2. The third kappa shape index (κ3) is 2.50. The molecule has 0 aromatic heterocycles. The quantitative estimate of drug-likeness (QED) is 0.608. The van der Waals surface area contributed by atoms with E-state index in [0.717, 1.165) is 33.4 Å². The fraction of sp³-hybridized carbons (Fsp3) is 0.100. The predicted molar refractivity (Wildman–Crippen MR) is 91.0 cm³/mol. The molecule has 1 aliphatic rings. The molecule has 0 amide bonds. The summed E-state index contributed by atoms with van der Waals surface area (Å²) in [6.45, 7) is 11.9. The van der Waals surface area contributed by atoms with Crippen molar-refractivity contribution >= 4 is 23.1 Å². The standard InChI is InChI=1S/C20H16O3/c1-11(2)15-7-5-13(9-17(15)12(3)4)14-6-8-16-18(10-14)20(22)23-19(16)21/h5-10H,1,3H2,2,4H3. The molecule has 0 saturated carbocycles. The first-order valence-electron chi connectivity index (χ1n) is 7.25.